The number of halogens is 1. The summed E-state index contributed by atoms with van der Waals surface area (Å²) in [4.78, 5) is 26.9. The third-order valence-electron chi connectivity index (χ3n) is 5.53. The molecule has 0 radical (unpaired) electrons. The normalized spacial score (nSPS) is 23.9. The largest absolute Gasteiger partial charge is 0.342 e. The van der Waals surface area contributed by atoms with Crippen LogP contribution in [0.2, 0.25) is 0 Å². The Morgan fingerprint density at radius 3 is 2.73 bits per heavy atom. The lowest BCUT2D eigenvalue weighted by atomic mass is 10.0. The predicted molar refractivity (Wildman–Crippen MR) is 96.9 cm³/mol. The van der Waals surface area contributed by atoms with E-state index in [2.05, 4.69) is 5.32 Å². The second kappa shape index (κ2) is 6.56. The van der Waals surface area contributed by atoms with Crippen LogP contribution >= 0.6 is 0 Å². The van der Waals surface area contributed by atoms with Crippen LogP contribution in [0.4, 0.5) is 10.1 Å². The van der Waals surface area contributed by atoms with Crippen molar-refractivity contribution in [2.75, 3.05) is 18.4 Å². The van der Waals surface area contributed by atoms with Crippen molar-refractivity contribution >= 4 is 17.5 Å². The highest BCUT2D eigenvalue weighted by molar-refractivity contribution is 5.95. The van der Waals surface area contributed by atoms with E-state index in [1.807, 2.05) is 35.2 Å². The highest BCUT2D eigenvalue weighted by Gasteiger charge is 2.61. The lowest BCUT2D eigenvalue weighted by molar-refractivity contribution is -0.129. The predicted octanol–water partition coefficient (Wildman–Crippen LogP) is 3.25. The van der Waals surface area contributed by atoms with E-state index in [1.165, 1.54) is 12.1 Å². The Labute approximate surface area is 152 Å². The molecule has 1 spiro atoms. The number of rotatable bonds is 4. The molecule has 5 heteroatoms. The van der Waals surface area contributed by atoms with E-state index in [1.54, 1.807) is 12.1 Å². The van der Waals surface area contributed by atoms with E-state index in [4.69, 9.17) is 0 Å². The van der Waals surface area contributed by atoms with Crippen LogP contribution in [-0.2, 0) is 16.0 Å². The van der Waals surface area contributed by atoms with E-state index in [0.717, 1.165) is 18.4 Å². The summed E-state index contributed by atoms with van der Waals surface area (Å²) in [7, 11) is 0. The number of nitrogens with one attached hydrogen (secondary N) is 1. The second-order valence-corrected chi connectivity index (χ2v) is 7.35. The van der Waals surface area contributed by atoms with Gasteiger partial charge in [-0.3, -0.25) is 9.59 Å². The minimum Gasteiger partial charge on any atom is -0.342 e. The van der Waals surface area contributed by atoms with Crippen molar-refractivity contribution in [2.45, 2.75) is 19.3 Å². The first-order valence-electron chi connectivity index (χ1n) is 8.94. The summed E-state index contributed by atoms with van der Waals surface area (Å²) in [6.45, 7) is 1.34. The SMILES string of the molecule is O=C(Nc1cccc(F)c1)C1CC12CCN(C(=O)Cc1ccccc1)C2. The molecule has 2 aliphatic rings. The number of anilines is 1. The van der Waals surface area contributed by atoms with Crippen LogP contribution in [0.5, 0.6) is 0 Å². The molecule has 26 heavy (non-hydrogen) atoms. The molecular formula is C21H21FN2O2. The van der Waals surface area contributed by atoms with Gasteiger partial charge in [0.05, 0.1) is 6.42 Å². The highest BCUT2D eigenvalue weighted by Crippen LogP contribution is 2.58. The fourth-order valence-electron chi connectivity index (χ4n) is 3.96. The summed E-state index contributed by atoms with van der Waals surface area (Å²) in [6, 6.07) is 15.6. The van der Waals surface area contributed by atoms with Gasteiger partial charge in [-0.15, -0.1) is 0 Å². The number of carbonyl (C=O) groups is 2. The summed E-state index contributed by atoms with van der Waals surface area (Å²) in [5, 5.41) is 2.80. The maximum Gasteiger partial charge on any atom is 0.228 e. The first-order chi connectivity index (χ1) is 12.6. The van der Waals surface area contributed by atoms with Crippen molar-refractivity contribution in [3.63, 3.8) is 0 Å². The molecule has 134 valence electrons. The summed E-state index contributed by atoms with van der Waals surface area (Å²) in [5.74, 6) is -0.427. The first-order valence-corrected chi connectivity index (χ1v) is 8.94. The van der Waals surface area contributed by atoms with Gasteiger partial charge in [-0.2, -0.15) is 0 Å². The van der Waals surface area contributed by atoms with Crippen molar-refractivity contribution in [1.82, 2.24) is 4.90 Å². The van der Waals surface area contributed by atoms with E-state index in [0.29, 0.717) is 25.2 Å². The molecule has 1 aliphatic heterocycles. The van der Waals surface area contributed by atoms with Crippen molar-refractivity contribution < 1.29 is 14.0 Å². The van der Waals surface area contributed by atoms with E-state index < -0.39 is 0 Å². The van der Waals surface area contributed by atoms with Crippen LogP contribution < -0.4 is 5.32 Å². The molecule has 2 amide bonds. The zero-order valence-corrected chi connectivity index (χ0v) is 14.5. The van der Waals surface area contributed by atoms with Crippen LogP contribution in [0.15, 0.2) is 54.6 Å². The third kappa shape index (κ3) is 3.34. The van der Waals surface area contributed by atoms with Gasteiger partial charge in [0, 0.05) is 30.1 Å². The number of benzene rings is 2. The van der Waals surface area contributed by atoms with Gasteiger partial charge in [-0.05, 0) is 36.6 Å². The molecule has 4 rings (SSSR count). The summed E-state index contributed by atoms with van der Waals surface area (Å²) in [5.41, 5.74) is 1.39. The second-order valence-electron chi connectivity index (χ2n) is 7.35. The minimum absolute atomic E-state index is 0.0760. The molecule has 2 atom stereocenters. The Balaban J connectivity index is 1.34. The lowest BCUT2D eigenvalue weighted by Crippen LogP contribution is -2.31. The van der Waals surface area contributed by atoms with E-state index in [-0.39, 0.29) is 29.0 Å². The van der Waals surface area contributed by atoms with Gasteiger partial charge >= 0.3 is 0 Å². The number of hydrogen-bond donors (Lipinski definition) is 1. The number of likely N-dealkylation sites (tertiary alicyclic amines) is 1. The zero-order chi connectivity index (χ0) is 18.1. The number of hydrogen-bond acceptors (Lipinski definition) is 2. The van der Waals surface area contributed by atoms with Crippen molar-refractivity contribution in [3.05, 3.63) is 66.0 Å². The van der Waals surface area contributed by atoms with Crippen LogP contribution in [-0.4, -0.2) is 29.8 Å². The minimum atomic E-state index is -0.369. The van der Waals surface area contributed by atoms with Crippen molar-refractivity contribution in [1.29, 1.82) is 0 Å². The number of amides is 2. The molecule has 1 aliphatic carbocycles. The van der Waals surface area contributed by atoms with Gasteiger partial charge in [-0.25, -0.2) is 4.39 Å². The smallest absolute Gasteiger partial charge is 0.228 e. The molecule has 1 saturated heterocycles. The Hall–Kier alpha value is -2.69. The van der Waals surface area contributed by atoms with Gasteiger partial charge in [0.15, 0.2) is 0 Å². The molecule has 0 bridgehead atoms. The van der Waals surface area contributed by atoms with E-state index in [9.17, 15) is 14.0 Å². The molecule has 1 heterocycles. The van der Waals surface area contributed by atoms with Crippen molar-refractivity contribution in [2.24, 2.45) is 11.3 Å². The lowest BCUT2D eigenvalue weighted by Gasteiger charge is -2.17. The molecule has 2 unspecified atom stereocenters. The summed E-state index contributed by atoms with van der Waals surface area (Å²) >= 11 is 0. The molecule has 1 saturated carbocycles. The van der Waals surface area contributed by atoms with Gasteiger partial charge in [-0.1, -0.05) is 36.4 Å². The molecule has 0 aromatic heterocycles. The van der Waals surface area contributed by atoms with Gasteiger partial charge in [0.25, 0.3) is 0 Å². The van der Waals surface area contributed by atoms with Gasteiger partial charge < -0.3 is 10.2 Å². The Kier molecular flexibility index (Phi) is 4.23. The molecule has 1 N–H and O–H groups in total. The molecular weight excluding hydrogens is 331 g/mol. The van der Waals surface area contributed by atoms with Gasteiger partial charge in [0.1, 0.15) is 5.82 Å². The Morgan fingerprint density at radius 1 is 1.15 bits per heavy atom. The first kappa shape index (κ1) is 16.8. The van der Waals surface area contributed by atoms with Crippen molar-refractivity contribution in [3.8, 4) is 0 Å². The fraction of sp³-hybridized carbons (Fsp3) is 0.333. The fourth-order valence-corrected chi connectivity index (χ4v) is 3.96. The Morgan fingerprint density at radius 2 is 1.96 bits per heavy atom. The summed E-state index contributed by atoms with van der Waals surface area (Å²) in [6.07, 6.45) is 2.05. The van der Waals surface area contributed by atoms with Crippen LogP contribution in [0.3, 0.4) is 0 Å². The van der Waals surface area contributed by atoms with E-state index >= 15 is 0 Å². The van der Waals surface area contributed by atoms with Gasteiger partial charge in [0.2, 0.25) is 11.8 Å². The topological polar surface area (TPSA) is 49.4 Å². The third-order valence-corrected chi connectivity index (χ3v) is 5.53. The van der Waals surface area contributed by atoms with Crippen LogP contribution in [0.1, 0.15) is 18.4 Å². The molecule has 2 fully saturated rings. The van der Waals surface area contributed by atoms with Crippen LogP contribution in [0, 0.1) is 17.2 Å². The average Bonchev–Trinajstić information content (AvgIpc) is 3.16. The zero-order valence-electron chi connectivity index (χ0n) is 14.5. The highest BCUT2D eigenvalue weighted by atomic mass is 19.1. The maximum absolute atomic E-state index is 13.3. The summed E-state index contributed by atoms with van der Waals surface area (Å²) < 4.78 is 13.3. The molecule has 4 nitrogen and oxygen atoms in total. The number of carbonyl (C=O) groups excluding carboxylic acids is 2. The molecule has 2 aromatic carbocycles. The monoisotopic (exact) mass is 352 g/mol. The standard InChI is InChI=1S/C21H21FN2O2/c22-16-7-4-8-17(12-16)23-20(26)18-13-21(18)9-10-24(14-21)19(25)11-15-5-2-1-3-6-15/h1-8,12,18H,9-11,13-14H2,(H,23,26). The quantitative estimate of drug-likeness (QED) is 0.918. The van der Waals surface area contributed by atoms with Crippen LogP contribution in [0.25, 0.3) is 0 Å². The Bertz CT molecular complexity index is 839. The number of nitrogens with zero attached hydrogens (tertiary/aromatic N) is 1. The maximum atomic E-state index is 13.3. The average molecular weight is 352 g/mol. The molecule has 2 aromatic rings.